The first kappa shape index (κ1) is 18.3. The quantitative estimate of drug-likeness (QED) is 0.493. The van der Waals surface area contributed by atoms with Crippen molar-refractivity contribution >= 4 is 11.0 Å². The van der Waals surface area contributed by atoms with E-state index in [1.54, 1.807) is 16.3 Å². The molecule has 0 bridgehead atoms. The van der Waals surface area contributed by atoms with E-state index >= 15 is 0 Å². The van der Waals surface area contributed by atoms with E-state index in [-0.39, 0.29) is 5.56 Å². The van der Waals surface area contributed by atoms with Gasteiger partial charge in [-0.05, 0) is 32.4 Å². The number of halogens is 2. The van der Waals surface area contributed by atoms with Gasteiger partial charge in [0.05, 0.1) is 29.0 Å². The summed E-state index contributed by atoms with van der Waals surface area (Å²) >= 11 is 0. The minimum Gasteiger partial charge on any atom is -0.272 e. The minimum absolute atomic E-state index is 0.0412. The Balaban J connectivity index is 1.93. The molecule has 0 saturated heterocycles. The maximum atomic E-state index is 13.9. The maximum Gasteiger partial charge on any atom is 0.264 e. The number of rotatable bonds is 5. The molecular formula is C21H21F2N5. The van der Waals surface area contributed by atoms with E-state index in [1.165, 1.54) is 6.07 Å². The zero-order valence-corrected chi connectivity index (χ0v) is 16.0. The Bertz CT molecular complexity index is 1130. The summed E-state index contributed by atoms with van der Waals surface area (Å²) in [7, 11) is 0. The molecule has 4 rings (SSSR count). The van der Waals surface area contributed by atoms with E-state index in [0.29, 0.717) is 35.5 Å². The van der Waals surface area contributed by atoms with Gasteiger partial charge < -0.3 is 0 Å². The zero-order chi connectivity index (χ0) is 19.8. The van der Waals surface area contributed by atoms with Gasteiger partial charge in [-0.1, -0.05) is 30.3 Å². The molecule has 0 spiro atoms. The number of benzene rings is 1. The molecule has 3 heterocycles. The normalized spacial score (nSPS) is 11.6. The van der Waals surface area contributed by atoms with Crippen molar-refractivity contribution in [3.05, 3.63) is 65.1 Å². The summed E-state index contributed by atoms with van der Waals surface area (Å²) in [5.41, 5.74) is 4.04. The lowest BCUT2D eigenvalue weighted by molar-refractivity contribution is 0.153. The number of hydrogen-bond donors (Lipinski definition) is 0. The van der Waals surface area contributed by atoms with Crippen molar-refractivity contribution in [1.29, 1.82) is 0 Å². The fourth-order valence-electron chi connectivity index (χ4n) is 3.49. The highest BCUT2D eigenvalue weighted by molar-refractivity contribution is 5.85. The van der Waals surface area contributed by atoms with Gasteiger partial charge in [0.15, 0.2) is 5.65 Å². The Morgan fingerprint density at radius 2 is 1.79 bits per heavy atom. The molecule has 0 fully saturated rings. The smallest absolute Gasteiger partial charge is 0.264 e. The first-order valence-corrected chi connectivity index (χ1v) is 9.22. The molecule has 0 N–H and O–H groups in total. The molecule has 0 aliphatic rings. The Labute approximate surface area is 161 Å². The van der Waals surface area contributed by atoms with Gasteiger partial charge in [0.2, 0.25) is 0 Å². The molecule has 0 aliphatic heterocycles. The van der Waals surface area contributed by atoms with Crippen LogP contribution >= 0.6 is 0 Å². The van der Waals surface area contributed by atoms with Crippen molar-refractivity contribution in [1.82, 2.24) is 24.5 Å². The van der Waals surface area contributed by atoms with E-state index in [9.17, 15) is 8.78 Å². The first-order chi connectivity index (χ1) is 13.5. The predicted octanol–water partition coefficient (Wildman–Crippen LogP) is 4.92. The summed E-state index contributed by atoms with van der Waals surface area (Å²) in [6.45, 7) is 6.77. The molecule has 0 atom stereocenters. The van der Waals surface area contributed by atoms with Crippen LogP contribution < -0.4 is 0 Å². The lowest BCUT2D eigenvalue weighted by atomic mass is 10.1. The summed E-state index contributed by atoms with van der Waals surface area (Å²) < 4.78 is 31.3. The van der Waals surface area contributed by atoms with Crippen molar-refractivity contribution in [2.75, 3.05) is 0 Å². The number of aromatic nitrogens is 5. The third-order valence-electron chi connectivity index (χ3n) is 4.86. The van der Waals surface area contributed by atoms with E-state index in [2.05, 4.69) is 10.2 Å². The third kappa shape index (κ3) is 3.17. The Kier molecular flexibility index (Phi) is 4.66. The van der Waals surface area contributed by atoms with Crippen LogP contribution in [0.4, 0.5) is 8.78 Å². The number of aryl methyl sites for hydroxylation is 3. The number of pyridine rings is 1. The Hall–Kier alpha value is -3.09. The number of nitrogens with zero attached hydrogens (tertiary/aromatic N) is 5. The molecule has 5 nitrogen and oxygen atoms in total. The molecular weight excluding hydrogens is 360 g/mol. The molecule has 4 aromatic rings. The van der Waals surface area contributed by atoms with E-state index < -0.39 is 6.43 Å². The SMILES string of the molecule is CCn1cc(-c2cc(C(F)F)c3c(C)nn(Cc4ccccc4)c3n2)c(C)n1. The molecule has 0 aliphatic carbocycles. The molecule has 144 valence electrons. The number of alkyl halides is 2. The minimum atomic E-state index is -2.61. The topological polar surface area (TPSA) is 48.5 Å². The van der Waals surface area contributed by atoms with Crippen LogP contribution in [0.3, 0.4) is 0 Å². The Morgan fingerprint density at radius 3 is 2.43 bits per heavy atom. The van der Waals surface area contributed by atoms with Crippen molar-refractivity contribution in [2.45, 2.75) is 40.3 Å². The summed E-state index contributed by atoms with van der Waals surface area (Å²) in [4.78, 5) is 4.73. The van der Waals surface area contributed by atoms with E-state index in [1.807, 2.05) is 50.4 Å². The number of hydrogen-bond acceptors (Lipinski definition) is 3. The standard InChI is InChI=1S/C21H21F2N5/c1-4-27-12-17(13(2)25-27)18-10-16(20(22)23)19-14(3)26-28(21(19)24-18)11-15-8-6-5-7-9-15/h5-10,12,20H,4,11H2,1-3H3. The van der Waals surface area contributed by atoms with E-state index in [4.69, 9.17) is 4.98 Å². The number of fused-ring (bicyclic) bond motifs is 1. The fraction of sp³-hybridized carbons (Fsp3) is 0.286. The Morgan fingerprint density at radius 1 is 1.04 bits per heavy atom. The van der Waals surface area contributed by atoms with Crippen LogP contribution in [0.2, 0.25) is 0 Å². The summed E-state index contributed by atoms with van der Waals surface area (Å²) in [5, 5.41) is 9.36. The van der Waals surface area contributed by atoms with Gasteiger partial charge in [-0.2, -0.15) is 10.2 Å². The molecule has 0 radical (unpaired) electrons. The van der Waals surface area contributed by atoms with Crippen molar-refractivity contribution in [2.24, 2.45) is 0 Å². The van der Waals surface area contributed by atoms with Gasteiger partial charge in [0, 0.05) is 23.9 Å². The van der Waals surface area contributed by atoms with Crippen LogP contribution in [-0.4, -0.2) is 24.5 Å². The van der Waals surface area contributed by atoms with E-state index in [0.717, 1.165) is 16.8 Å². The third-order valence-corrected chi connectivity index (χ3v) is 4.86. The lowest BCUT2D eigenvalue weighted by Gasteiger charge is -2.08. The second-order valence-electron chi connectivity index (χ2n) is 6.81. The van der Waals surface area contributed by atoms with Gasteiger partial charge in [0.25, 0.3) is 6.43 Å². The maximum absolute atomic E-state index is 13.9. The van der Waals surface area contributed by atoms with Crippen molar-refractivity contribution < 1.29 is 8.78 Å². The molecule has 0 unspecified atom stereocenters. The summed E-state index contributed by atoms with van der Waals surface area (Å²) in [5.74, 6) is 0. The largest absolute Gasteiger partial charge is 0.272 e. The lowest BCUT2D eigenvalue weighted by Crippen LogP contribution is -2.03. The molecule has 3 aromatic heterocycles. The van der Waals surface area contributed by atoms with Crippen LogP contribution in [0.15, 0.2) is 42.6 Å². The molecule has 1 aromatic carbocycles. The van der Waals surface area contributed by atoms with Gasteiger partial charge in [-0.15, -0.1) is 0 Å². The van der Waals surface area contributed by atoms with Crippen molar-refractivity contribution in [3.8, 4) is 11.3 Å². The highest BCUT2D eigenvalue weighted by Gasteiger charge is 2.22. The summed E-state index contributed by atoms with van der Waals surface area (Å²) in [6.07, 6.45) is -0.761. The van der Waals surface area contributed by atoms with Crippen molar-refractivity contribution in [3.63, 3.8) is 0 Å². The van der Waals surface area contributed by atoms with Gasteiger partial charge >= 0.3 is 0 Å². The van der Waals surface area contributed by atoms with Gasteiger partial charge in [-0.25, -0.2) is 18.4 Å². The predicted molar refractivity (Wildman–Crippen MR) is 104 cm³/mol. The highest BCUT2D eigenvalue weighted by Crippen LogP contribution is 2.34. The molecule has 7 heteroatoms. The van der Waals surface area contributed by atoms with Crippen LogP contribution in [0.5, 0.6) is 0 Å². The van der Waals surface area contributed by atoms with Gasteiger partial charge in [0.1, 0.15) is 0 Å². The molecule has 0 amide bonds. The average Bonchev–Trinajstić information content (AvgIpc) is 3.22. The molecule has 28 heavy (non-hydrogen) atoms. The van der Waals surface area contributed by atoms with Crippen LogP contribution in [0.1, 0.15) is 35.9 Å². The monoisotopic (exact) mass is 381 g/mol. The average molecular weight is 381 g/mol. The fourth-order valence-corrected chi connectivity index (χ4v) is 3.49. The van der Waals surface area contributed by atoms with Crippen LogP contribution in [0, 0.1) is 13.8 Å². The highest BCUT2D eigenvalue weighted by atomic mass is 19.3. The second-order valence-corrected chi connectivity index (χ2v) is 6.81. The first-order valence-electron chi connectivity index (χ1n) is 9.22. The van der Waals surface area contributed by atoms with Crippen LogP contribution in [-0.2, 0) is 13.1 Å². The zero-order valence-electron chi connectivity index (χ0n) is 16.0. The van der Waals surface area contributed by atoms with Crippen LogP contribution in [0.25, 0.3) is 22.3 Å². The summed E-state index contributed by atoms with van der Waals surface area (Å²) in [6, 6.07) is 11.3. The molecule has 0 saturated carbocycles. The van der Waals surface area contributed by atoms with Gasteiger partial charge in [-0.3, -0.25) is 4.68 Å². The second kappa shape index (κ2) is 7.14.